The molecule has 5 heteroatoms. The summed E-state index contributed by atoms with van der Waals surface area (Å²) in [7, 11) is 0. The van der Waals surface area contributed by atoms with Crippen LogP contribution in [0.3, 0.4) is 0 Å². The van der Waals surface area contributed by atoms with Crippen LogP contribution in [0.5, 0.6) is 0 Å². The van der Waals surface area contributed by atoms with Crippen LogP contribution in [0.25, 0.3) is 0 Å². The fourth-order valence-electron chi connectivity index (χ4n) is 2.54. The SMILES string of the molecule is CC1CNCC(C)N1C(=O)Cc1ccc(Cl)c(Cl)c1. The highest BCUT2D eigenvalue weighted by Gasteiger charge is 2.28. The van der Waals surface area contributed by atoms with Crippen LogP contribution in [-0.2, 0) is 11.2 Å². The molecular formula is C14H18Cl2N2O. The van der Waals surface area contributed by atoms with Gasteiger partial charge < -0.3 is 10.2 Å². The molecule has 1 N–H and O–H groups in total. The molecule has 2 rings (SSSR count). The Morgan fingerprint density at radius 3 is 2.47 bits per heavy atom. The van der Waals surface area contributed by atoms with Gasteiger partial charge in [-0.05, 0) is 31.5 Å². The predicted molar refractivity (Wildman–Crippen MR) is 78.8 cm³/mol. The Bertz CT molecular complexity index is 469. The van der Waals surface area contributed by atoms with Crippen LogP contribution in [0.15, 0.2) is 18.2 Å². The third-order valence-electron chi connectivity index (χ3n) is 3.46. The third-order valence-corrected chi connectivity index (χ3v) is 4.20. The van der Waals surface area contributed by atoms with Crippen LogP contribution in [0.2, 0.25) is 10.0 Å². The molecular weight excluding hydrogens is 283 g/mol. The van der Waals surface area contributed by atoms with Gasteiger partial charge in [0.05, 0.1) is 16.5 Å². The monoisotopic (exact) mass is 300 g/mol. The van der Waals surface area contributed by atoms with Crippen molar-refractivity contribution in [1.82, 2.24) is 10.2 Å². The molecule has 0 bridgehead atoms. The van der Waals surface area contributed by atoms with Gasteiger partial charge in [0.15, 0.2) is 0 Å². The second-order valence-corrected chi connectivity index (χ2v) is 5.90. The average molecular weight is 301 g/mol. The van der Waals surface area contributed by atoms with Gasteiger partial charge in [-0.1, -0.05) is 29.3 Å². The number of carbonyl (C=O) groups excluding carboxylic acids is 1. The van der Waals surface area contributed by atoms with Gasteiger partial charge in [-0.2, -0.15) is 0 Å². The topological polar surface area (TPSA) is 32.3 Å². The molecule has 1 aliphatic rings. The highest BCUT2D eigenvalue weighted by molar-refractivity contribution is 6.42. The van der Waals surface area contributed by atoms with Gasteiger partial charge in [0.25, 0.3) is 0 Å². The summed E-state index contributed by atoms with van der Waals surface area (Å²) in [5.41, 5.74) is 0.900. The molecule has 2 unspecified atom stereocenters. The van der Waals surface area contributed by atoms with E-state index in [4.69, 9.17) is 23.2 Å². The molecule has 0 spiro atoms. The van der Waals surface area contributed by atoms with E-state index >= 15 is 0 Å². The summed E-state index contributed by atoms with van der Waals surface area (Å²) in [4.78, 5) is 14.4. The Morgan fingerprint density at radius 1 is 1.26 bits per heavy atom. The zero-order valence-electron chi connectivity index (χ0n) is 11.1. The lowest BCUT2D eigenvalue weighted by Gasteiger charge is -2.39. The van der Waals surface area contributed by atoms with E-state index in [-0.39, 0.29) is 18.0 Å². The van der Waals surface area contributed by atoms with Crippen LogP contribution in [0, 0.1) is 0 Å². The Morgan fingerprint density at radius 2 is 1.89 bits per heavy atom. The molecule has 1 aromatic carbocycles. The van der Waals surface area contributed by atoms with Crippen molar-refractivity contribution in [2.24, 2.45) is 0 Å². The first-order chi connectivity index (χ1) is 8.99. The van der Waals surface area contributed by atoms with Gasteiger partial charge in [0.1, 0.15) is 0 Å². The summed E-state index contributed by atoms with van der Waals surface area (Å²) in [6.45, 7) is 5.82. The van der Waals surface area contributed by atoms with Gasteiger partial charge in [0.2, 0.25) is 5.91 Å². The van der Waals surface area contributed by atoms with Crippen molar-refractivity contribution in [3.8, 4) is 0 Å². The Kier molecular flexibility index (Phi) is 4.71. The summed E-state index contributed by atoms with van der Waals surface area (Å²) < 4.78 is 0. The normalized spacial score (nSPS) is 23.5. The summed E-state index contributed by atoms with van der Waals surface area (Å²) in [5, 5.41) is 4.33. The predicted octanol–water partition coefficient (Wildman–Crippen LogP) is 2.74. The highest BCUT2D eigenvalue weighted by Crippen LogP contribution is 2.23. The summed E-state index contributed by atoms with van der Waals surface area (Å²) in [6, 6.07) is 5.79. The second-order valence-electron chi connectivity index (χ2n) is 5.08. The third kappa shape index (κ3) is 3.41. The molecule has 1 saturated heterocycles. The fraction of sp³-hybridized carbons (Fsp3) is 0.500. The van der Waals surface area contributed by atoms with Crippen molar-refractivity contribution in [1.29, 1.82) is 0 Å². The lowest BCUT2D eigenvalue weighted by Crippen LogP contribution is -2.57. The van der Waals surface area contributed by atoms with Crippen molar-refractivity contribution in [3.63, 3.8) is 0 Å². The summed E-state index contributed by atoms with van der Waals surface area (Å²) >= 11 is 11.9. The summed E-state index contributed by atoms with van der Waals surface area (Å²) in [5.74, 6) is 0.139. The number of nitrogens with one attached hydrogen (secondary N) is 1. The lowest BCUT2D eigenvalue weighted by atomic mass is 10.1. The van der Waals surface area contributed by atoms with Crippen LogP contribution < -0.4 is 5.32 Å². The summed E-state index contributed by atoms with van der Waals surface area (Å²) in [6.07, 6.45) is 0.367. The Labute approximate surface area is 123 Å². The molecule has 3 nitrogen and oxygen atoms in total. The lowest BCUT2D eigenvalue weighted by molar-refractivity contribution is -0.135. The minimum atomic E-state index is 0.139. The maximum Gasteiger partial charge on any atom is 0.227 e. The number of halogens is 2. The molecule has 1 aliphatic heterocycles. The van der Waals surface area contributed by atoms with Crippen molar-refractivity contribution in [2.75, 3.05) is 13.1 Å². The van der Waals surface area contributed by atoms with Crippen LogP contribution in [0.4, 0.5) is 0 Å². The van der Waals surface area contributed by atoms with Crippen LogP contribution >= 0.6 is 23.2 Å². The molecule has 1 fully saturated rings. The Balaban J connectivity index is 2.09. The average Bonchev–Trinajstić information content (AvgIpc) is 2.33. The molecule has 104 valence electrons. The van der Waals surface area contributed by atoms with Gasteiger partial charge >= 0.3 is 0 Å². The molecule has 0 saturated carbocycles. The van der Waals surface area contributed by atoms with Gasteiger partial charge in [-0.15, -0.1) is 0 Å². The molecule has 19 heavy (non-hydrogen) atoms. The number of piperazine rings is 1. The molecule has 1 heterocycles. The quantitative estimate of drug-likeness (QED) is 0.911. The largest absolute Gasteiger partial charge is 0.334 e. The van der Waals surface area contributed by atoms with Crippen molar-refractivity contribution >= 4 is 29.1 Å². The van der Waals surface area contributed by atoms with E-state index in [0.717, 1.165) is 18.7 Å². The first-order valence-electron chi connectivity index (χ1n) is 6.45. The maximum atomic E-state index is 12.4. The minimum absolute atomic E-state index is 0.139. The number of amides is 1. The number of hydrogen-bond donors (Lipinski definition) is 1. The fourth-order valence-corrected chi connectivity index (χ4v) is 2.86. The zero-order chi connectivity index (χ0) is 14.0. The van der Waals surface area contributed by atoms with Gasteiger partial charge in [0, 0.05) is 25.2 Å². The first kappa shape index (κ1) is 14.6. The van der Waals surface area contributed by atoms with E-state index in [2.05, 4.69) is 19.2 Å². The highest BCUT2D eigenvalue weighted by atomic mass is 35.5. The van der Waals surface area contributed by atoms with E-state index in [1.807, 2.05) is 11.0 Å². The molecule has 0 radical (unpaired) electrons. The number of rotatable bonds is 2. The molecule has 1 aromatic rings. The first-order valence-corrected chi connectivity index (χ1v) is 7.20. The number of carbonyl (C=O) groups is 1. The molecule has 0 aliphatic carbocycles. The maximum absolute atomic E-state index is 12.4. The van der Waals surface area contributed by atoms with Crippen LogP contribution in [0.1, 0.15) is 19.4 Å². The zero-order valence-corrected chi connectivity index (χ0v) is 12.6. The molecule has 0 aromatic heterocycles. The van der Waals surface area contributed by atoms with E-state index in [0.29, 0.717) is 16.5 Å². The van der Waals surface area contributed by atoms with Crippen LogP contribution in [-0.4, -0.2) is 36.0 Å². The molecule has 2 atom stereocenters. The van der Waals surface area contributed by atoms with Gasteiger partial charge in [-0.25, -0.2) is 0 Å². The number of benzene rings is 1. The Hall–Kier alpha value is -0.770. The van der Waals surface area contributed by atoms with Crippen molar-refractivity contribution in [3.05, 3.63) is 33.8 Å². The standard InChI is InChI=1S/C14H18Cl2N2O/c1-9-7-17-8-10(2)18(9)14(19)6-11-3-4-12(15)13(16)5-11/h3-5,9-10,17H,6-8H2,1-2H3. The second kappa shape index (κ2) is 6.12. The smallest absolute Gasteiger partial charge is 0.227 e. The van der Waals surface area contributed by atoms with E-state index in [1.165, 1.54) is 0 Å². The number of nitrogens with zero attached hydrogens (tertiary/aromatic N) is 1. The minimum Gasteiger partial charge on any atom is -0.334 e. The van der Waals surface area contributed by atoms with E-state index < -0.39 is 0 Å². The van der Waals surface area contributed by atoms with E-state index in [9.17, 15) is 4.79 Å². The molecule has 1 amide bonds. The number of hydrogen-bond acceptors (Lipinski definition) is 2. The van der Waals surface area contributed by atoms with Gasteiger partial charge in [-0.3, -0.25) is 4.79 Å². The van der Waals surface area contributed by atoms with Crippen molar-refractivity contribution < 1.29 is 4.79 Å². The van der Waals surface area contributed by atoms with Crippen molar-refractivity contribution in [2.45, 2.75) is 32.4 Å². The van der Waals surface area contributed by atoms with E-state index in [1.54, 1.807) is 12.1 Å².